The lowest BCUT2D eigenvalue weighted by atomic mass is 10.1. The second-order valence-electron chi connectivity index (χ2n) is 5.26. The zero-order valence-electron chi connectivity index (χ0n) is 12.9. The van der Waals surface area contributed by atoms with E-state index < -0.39 is 24.0 Å². The SMILES string of the molecule is Cc1ccc(OC2=NO[C@@H](c3ccc(OC(F)(F)F)c(F)c3)C2)cn1. The number of rotatable bonds is 3. The number of oxime groups is 1. The molecule has 0 saturated carbocycles. The number of pyridine rings is 1. The van der Waals surface area contributed by atoms with Gasteiger partial charge in [0.05, 0.1) is 12.6 Å². The van der Waals surface area contributed by atoms with Gasteiger partial charge in [0.2, 0.25) is 5.90 Å². The second-order valence-corrected chi connectivity index (χ2v) is 5.26. The van der Waals surface area contributed by atoms with Gasteiger partial charge in [-0.3, -0.25) is 4.98 Å². The number of nitrogens with zero attached hydrogens (tertiary/aromatic N) is 2. The van der Waals surface area contributed by atoms with Crippen molar-refractivity contribution >= 4 is 5.90 Å². The lowest BCUT2D eigenvalue weighted by molar-refractivity contribution is -0.275. The van der Waals surface area contributed by atoms with Gasteiger partial charge in [0, 0.05) is 5.69 Å². The van der Waals surface area contributed by atoms with E-state index in [1.807, 2.05) is 6.92 Å². The lowest BCUT2D eigenvalue weighted by Crippen LogP contribution is -2.18. The molecule has 1 aromatic carbocycles. The number of alkyl halides is 3. The Balaban J connectivity index is 1.64. The number of aryl methyl sites for hydroxylation is 1. The maximum absolute atomic E-state index is 13.8. The minimum Gasteiger partial charge on any atom is -0.438 e. The van der Waals surface area contributed by atoms with Crippen LogP contribution in [0, 0.1) is 12.7 Å². The topological polar surface area (TPSA) is 52.9 Å². The van der Waals surface area contributed by atoms with Gasteiger partial charge in [0.1, 0.15) is 5.75 Å². The second kappa shape index (κ2) is 6.58. The first-order valence-corrected chi connectivity index (χ1v) is 7.18. The van der Waals surface area contributed by atoms with Crippen molar-refractivity contribution in [1.29, 1.82) is 0 Å². The van der Waals surface area contributed by atoms with E-state index in [4.69, 9.17) is 9.57 Å². The highest BCUT2D eigenvalue weighted by Crippen LogP contribution is 2.32. The first kappa shape index (κ1) is 17.0. The average molecular weight is 356 g/mol. The maximum atomic E-state index is 13.8. The molecule has 132 valence electrons. The Morgan fingerprint density at radius 2 is 2.00 bits per heavy atom. The monoisotopic (exact) mass is 356 g/mol. The minimum absolute atomic E-state index is 0.201. The van der Waals surface area contributed by atoms with E-state index in [2.05, 4.69) is 14.9 Å². The molecule has 1 aliphatic rings. The van der Waals surface area contributed by atoms with Crippen LogP contribution in [0.5, 0.6) is 11.5 Å². The van der Waals surface area contributed by atoms with Crippen molar-refractivity contribution in [1.82, 2.24) is 4.98 Å². The third-order valence-corrected chi connectivity index (χ3v) is 3.32. The molecule has 3 rings (SSSR count). The van der Waals surface area contributed by atoms with Crippen LogP contribution in [0.3, 0.4) is 0 Å². The Labute approximate surface area is 139 Å². The summed E-state index contributed by atoms with van der Waals surface area (Å²) in [7, 11) is 0. The minimum atomic E-state index is -4.96. The molecule has 25 heavy (non-hydrogen) atoms. The van der Waals surface area contributed by atoms with Gasteiger partial charge in [-0.2, -0.15) is 0 Å². The highest BCUT2D eigenvalue weighted by atomic mass is 19.4. The van der Waals surface area contributed by atoms with E-state index >= 15 is 0 Å². The Bertz CT molecular complexity index is 791. The van der Waals surface area contributed by atoms with Crippen molar-refractivity contribution in [3.05, 3.63) is 53.6 Å². The molecule has 1 aliphatic heterocycles. The van der Waals surface area contributed by atoms with Crippen molar-refractivity contribution in [3.63, 3.8) is 0 Å². The molecular weight excluding hydrogens is 344 g/mol. The molecule has 0 unspecified atom stereocenters. The van der Waals surface area contributed by atoms with Crippen molar-refractivity contribution in [2.24, 2.45) is 5.16 Å². The molecule has 1 atom stereocenters. The van der Waals surface area contributed by atoms with E-state index in [0.717, 1.165) is 17.8 Å². The summed E-state index contributed by atoms with van der Waals surface area (Å²) in [6.07, 6.45) is -3.90. The Morgan fingerprint density at radius 3 is 2.64 bits per heavy atom. The molecule has 1 aromatic heterocycles. The highest BCUT2D eigenvalue weighted by molar-refractivity contribution is 5.79. The van der Waals surface area contributed by atoms with Gasteiger partial charge in [-0.15, -0.1) is 13.2 Å². The van der Waals surface area contributed by atoms with Crippen LogP contribution in [0.1, 0.15) is 23.8 Å². The molecule has 0 spiro atoms. The molecule has 5 nitrogen and oxygen atoms in total. The molecule has 0 aliphatic carbocycles. The van der Waals surface area contributed by atoms with Gasteiger partial charge < -0.3 is 14.3 Å². The largest absolute Gasteiger partial charge is 0.573 e. The first-order valence-electron chi connectivity index (χ1n) is 7.18. The molecule has 0 N–H and O–H groups in total. The number of halogens is 4. The van der Waals surface area contributed by atoms with Crippen LogP contribution in [-0.4, -0.2) is 17.2 Å². The van der Waals surface area contributed by atoms with Crippen LogP contribution in [0.2, 0.25) is 0 Å². The number of hydrogen-bond donors (Lipinski definition) is 0. The lowest BCUT2D eigenvalue weighted by Gasteiger charge is -2.12. The van der Waals surface area contributed by atoms with E-state index in [9.17, 15) is 17.6 Å². The maximum Gasteiger partial charge on any atom is 0.573 e. The van der Waals surface area contributed by atoms with Crippen LogP contribution in [0.25, 0.3) is 0 Å². The summed E-state index contributed by atoms with van der Waals surface area (Å²) in [6, 6.07) is 6.56. The number of ether oxygens (including phenoxy) is 2. The fourth-order valence-corrected chi connectivity index (χ4v) is 2.17. The summed E-state index contributed by atoms with van der Waals surface area (Å²) in [5, 5.41) is 3.76. The van der Waals surface area contributed by atoms with Crippen LogP contribution in [-0.2, 0) is 4.84 Å². The number of aromatic nitrogens is 1. The smallest absolute Gasteiger partial charge is 0.438 e. The zero-order chi connectivity index (χ0) is 18.0. The quantitative estimate of drug-likeness (QED) is 0.771. The van der Waals surface area contributed by atoms with Gasteiger partial charge in [0.25, 0.3) is 0 Å². The van der Waals surface area contributed by atoms with Gasteiger partial charge in [-0.1, -0.05) is 11.2 Å². The van der Waals surface area contributed by atoms with Gasteiger partial charge in [-0.05, 0) is 36.8 Å². The zero-order valence-corrected chi connectivity index (χ0v) is 12.9. The van der Waals surface area contributed by atoms with Crippen molar-refractivity contribution in [3.8, 4) is 11.5 Å². The number of benzene rings is 1. The summed E-state index contributed by atoms with van der Waals surface area (Å²) in [4.78, 5) is 9.23. The molecule has 9 heteroatoms. The molecule has 0 fully saturated rings. The third kappa shape index (κ3) is 4.37. The summed E-state index contributed by atoms with van der Waals surface area (Å²) in [6.45, 7) is 1.83. The van der Waals surface area contributed by atoms with Crippen LogP contribution in [0.15, 0.2) is 41.7 Å². The van der Waals surface area contributed by atoms with Crippen molar-refractivity contribution < 1.29 is 31.9 Å². The Kier molecular flexibility index (Phi) is 4.47. The molecular formula is C16H12F4N2O3. The molecule has 2 aromatic rings. The van der Waals surface area contributed by atoms with E-state index in [1.54, 1.807) is 12.1 Å². The van der Waals surface area contributed by atoms with Crippen LogP contribution >= 0.6 is 0 Å². The van der Waals surface area contributed by atoms with Crippen LogP contribution < -0.4 is 9.47 Å². The van der Waals surface area contributed by atoms with Gasteiger partial charge in [0.15, 0.2) is 17.7 Å². The molecule has 0 radical (unpaired) electrons. The predicted molar refractivity (Wildman–Crippen MR) is 78.6 cm³/mol. The summed E-state index contributed by atoms with van der Waals surface area (Å²) in [5.41, 5.74) is 1.14. The van der Waals surface area contributed by atoms with Crippen molar-refractivity contribution in [2.45, 2.75) is 25.8 Å². The fourth-order valence-electron chi connectivity index (χ4n) is 2.17. The fraction of sp³-hybridized carbons (Fsp3) is 0.250. The molecule has 0 saturated heterocycles. The summed E-state index contributed by atoms with van der Waals surface area (Å²) < 4.78 is 59.3. The molecule has 2 heterocycles. The number of hydrogen-bond acceptors (Lipinski definition) is 5. The Morgan fingerprint density at radius 1 is 1.20 bits per heavy atom. The third-order valence-electron chi connectivity index (χ3n) is 3.32. The van der Waals surface area contributed by atoms with Crippen LogP contribution in [0.4, 0.5) is 17.6 Å². The standard InChI is InChI=1S/C16H12F4N2O3/c1-9-2-4-11(8-21-9)23-15-7-14(25-22-15)10-3-5-13(12(17)6-10)24-16(18,19)20/h2-6,8,14H,7H2,1H3/t14-/m1/s1. The van der Waals surface area contributed by atoms with Gasteiger partial charge >= 0.3 is 6.36 Å². The normalized spacial score (nSPS) is 17.0. The Hall–Kier alpha value is -2.84. The predicted octanol–water partition coefficient (Wildman–Crippen LogP) is 4.28. The van der Waals surface area contributed by atoms with E-state index in [1.165, 1.54) is 12.3 Å². The summed E-state index contributed by atoms with van der Waals surface area (Å²) in [5.74, 6) is -1.33. The van der Waals surface area contributed by atoms with E-state index in [0.29, 0.717) is 11.3 Å². The molecule has 0 bridgehead atoms. The first-order chi connectivity index (χ1) is 11.8. The highest BCUT2D eigenvalue weighted by Gasteiger charge is 2.33. The van der Waals surface area contributed by atoms with Gasteiger partial charge in [-0.25, -0.2) is 4.39 Å². The van der Waals surface area contributed by atoms with E-state index in [-0.39, 0.29) is 12.3 Å². The summed E-state index contributed by atoms with van der Waals surface area (Å²) >= 11 is 0. The molecule has 0 amide bonds. The average Bonchev–Trinajstić information content (AvgIpc) is 2.99. The van der Waals surface area contributed by atoms with Crippen molar-refractivity contribution in [2.75, 3.05) is 0 Å².